The fraction of sp³-hybridized carbons (Fsp3) is 0.435. The Bertz CT molecular complexity index is 1000. The van der Waals surface area contributed by atoms with Gasteiger partial charge in [-0.05, 0) is 55.2 Å². The summed E-state index contributed by atoms with van der Waals surface area (Å²) in [5.41, 5.74) is 1.79. The summed E-state index contributed by atoms with van der Waals surface area (Å²) in [5, 5.41) is 3.43. The second-order valence-corrected chi connectivity index (χ2v) is 10.4. The van der Waals surface area contributed by atoms with Crippen molar-refractivity contribution in [2.24, 2.45) is 0 Å². The van der Waals surface area contributed by atoms with Crippen molar-refractivity contribution in [3.63, 3.8) is 0 Å². The Morgan fingerprint density at radius 3 is 2.29 bits per heavy atom. The van der Waals surface area contributed by atoms with Crippen LogP contribution in [0.5, 0.6) is 0 Å². The normalized spacial score (nSPS) is 17.8. The molecule has 0 radical (unpaired) electrons. The van der Waals surface area contributed by atoms with Crippen LogP contribution in [0.1, 0.15) is 38.7 Å². The van der Waals surface area contributed by atoms with E-state index in [1.807, 2.05) is 24.0 Å². The Balaban J connectivity index is 1.59. The van der Waals surface area contributed by atoms with E-state index in [4.69, 9.17) is 11.6 Å². The summed E-state index contributed by atoms with van der Waals surface area (Å²) in [6.07, 6.45) is 1.01. The van der Waals surface area contributed by atoms with Crippen LogP contribution in [0.25, 0.3) is 0 Å². The van der Waals surface area contributed by atoms with E-state index >= 15 is 0 Å². The van der Waals surface area contributed by atoms with Gasteiger partial charge in [-0.3, -0.25) is 9.69 Å². The van der Waals surface area contributed by atoms with Crippen LogP contribution >= 0.6 is 11.6 Å². The highest BCUT2D eigenvalue weighted by Gasteiger charge is 2.31. The van der Waals surface area contributed by atoms with Crippen LogP contribution in [0, 0.1) is 0 Å². The topological polar surface area (TPSA) is 69.7 Å². The molecular weight excluding hydrogens is 434 g/mol. The quantitative estimate of drug-likeness (QED) is 0.668. The third-order valence-electron chi connectivity index (χ3n) is 5.99. The van der Waals surface area contributed by atoms with Crippen molar-refractivity contribution in [1.29, 1.82) is 0 Å². The molecule has 2 atom stereocenters. The van der Waals surface area contributed by atoms with Crippen molar-refractivity contribution in [2.75, 3.05) is 31.5 Å². The van der Waals surface area contributed by atoms with E-state index in [2.05, 4.69) is 19.2 Å². The number of piperazine rings is 1. The van der Waals surface area contributed by atoms with Gasteiger partial charge in [0.05, 0.1) is 10.9 Å². The van der Waals surface area contributed by atoms with Crippen molar-refractivity contribution in [1.82, 2.24) is 9.21 Å². The van der Waals surface area contributed by atoms with Crippen LogP contribution in [-0.2, 0) is 14.8 Å². The maximum atomic E-state index is 13.0. The largest absolute Gasteiger partial charge is 0.325 e. The standard InChI is InChI=1S/C23H30ClN3O3S/c1-4-17(2)19-8-10-22(11-9-19)31(29,30)27-14-12-26(13-15-27)18(3)23(28)25-21-7-5-6-20(24)16-21/h5-11,16-18H,4,12-15H2,1-3H3,(H,25,28). The number of anilines is 1. The molecule has 0 aromatic heterocycles. The molecule has 0 spiro atoms. The average Bonchev–Trinajstić information content (AvgIpc) is 2.78. The number of halogens is 1. The van der Waals surface area contributed by atoms with Crippen molar-refractivity contribution >= 4 is 33.2 Å². The number of nitrogens with one attached hydrogen (secondary N) is 1. The van der Waals surface area contributed by atoms with Gasteiger partial charge in [0.2, 0.25) is 15.9 Å². The summed E-state index contributed by atoms with van der Waals surface area (Å²) in [6, 6.07) is 13.8. The van der Waals surface area contributed by atoms with Gasteiger partial charge in [-0.2, -0.15) is 4.31 Å². The molecule has 0 aliphatic carbocycles. The highest BCUT2D eigenvalue weighted by Crippen LogP contribution is 2.23. The number of sulfonamides is 1. The molecule has 1 fully saturated rings. The van der Waals surface area contributed by atoms with Gasteiger partial charge in [-0.15, -0.1) is 0 Å². The molecular formula is C23H30ClN3O3S. The summed E-state index contributed by atoms with van der Waals surface area (Å²) in [7, 11) is -3.54. The molecule has 1 amide bonds. The monoisotopic (exact) mass is 463 g/mol. The third-order valence-corrected chi connectivity index (χ3v) is 8.14. The van der Waals surface area contributed by atoms with Gasteiger partial charge in [0.1, 0.15) is 0 Å². The van der Waals surface area contributed by atoms with Gasteiger partial charge < -0.3 is 5.32 Å². The number of benzene rings is 2. The molecule has 31 heavy (non-hydrogen) atoms. The average molecular weight is 464 g/mol. The smallest absolute Gasteiger partial charge is 0.243 e. The highest BCUT2D eigenvalue weighted by atomic mass is 35.5. The summed E-state index contributed by atoms with van der Waals surface area (Å²) >= 11 is 5.97. The Morgan fingerprint density at radius 2 is 1.71 bits per heavy atom. The summed E-state index contributed by atoms with van der Waals surface area (Å²) in [4.78, 5) is 14.9. The molecule has 168 valence electrons. The van der Waals surface area contributed by atoms with Crippen molar-refractivity contribution in [2.45, 2.75) is 44.0 Å². The second kappa shape index (κ2) is 10.1. The van der Waals surface area contributed by atoms with Crippen LogP contribution in [0.2, 0.25) is 5.02 Å². The van der Waals surface area contributed by atoms with Gasteiger partial charge in [-0.1, -0.05) is 43.6 Å². The lowest BCUT2D eigenvalue weighted by Gasteiger charge is -2.36. The second-order valence-electron chi connectivity index (χ2n) is 7.99. The van der Waals surface area contributed by atoms with E-state index in [0.717, 1.165) is 12.0 Å². The number of nitrogens with zero attached hydrogens (tertiary/aromatic N) is 2. The number of hydrogen-bond donors (Lipinski definition) is 1. The molecule has 3 rings (SSSR count). The lowest BCUT2D eigenvalue weighted by molar-refractivity contribution is -0.121. The van der Waals surface area contributed by atoms with Crippen LogP contribution < -0.4 is 5.32 Å². The predicted octanol–water partition coefficient (Wildman–Crippen LogP) is 4.19. The molecule has 1 heterocycles. The zero-order valence-electron chi connectivity index (χ0n) is 18.2. The summed E-state index contributed by atoms with van der Waals surface area (Å²) in [6.45, 7) is 7.77. The molecule has 8 heteroatoms. The molecule has 2 aromatic carbocycles. The third kappa shape index (κ3) is 5.66. The van der Waals surface area contributed by atoms with E-state index in [0.29, 0.717) is 47.7 Å². The Labute approximate surface area is 190 Å². The van der Waals surface area contributed by atoms with Crippen molar-refractivity contribution in [3.8, 4) is 0 Å². The van der Waals surface area contributed by atoms with E-state index < -0.39 is 10.0 Å². The lowest BCUT2D eigenvalue weighted by atomic mass is 9.99. The Hall–Kier alpha value is -1.93. The molecule has 1 aliphatic rings. The van der Waals surface area contributed by atoms with E-state index in [-0.39, 0.29) is 11.9 Å². The molecule has 1 aliphatic heterocycles. The summed E-state index contributed by atoms with van der Waals surface area (Å²) < 4.78 is 27.6. The molecule has 1 N–H and O–H groups in total. The summed E-state index contributed by atoms with van der Waals surface area (Å²) in [5.74, 6) is 0.263. The van der Waals surface area contributed by atoms with E-state index in [1.165, 1.54) is 4.31 Å². The SMILES string of the molecule is CCC(C)c1ccc(S(=O)(=O)N2CCN(C(C)C(=O)Nc3cccc(Cl)c3)CC2)cc1. The van der Waals surface area contributed by atoms with Gasteiger partial charge in [0.15, 0.2) is 0 Å². The number of carbonyl (C=O) groups excluding carboxylic acids is 1. The molecule has 0 saturated carbocycles. The molecule has 2 aromatic rings. The van der Waals surface area contributed by atoms with Crippen LogP contribution in [-0.4, -0.2) is 55.8 Å². The van der Waals surface area contributed by atoms with Gasteiger partial charge >= 0.3 is 0 Å². The Morgan fingerprint density at radius 1 is 1.06 bits per heavy atom. The number of hydrogen-bond acceptors (Lipinski definition) is 4. The first-order valence-electron chi connectivity index (χ1n) is 10.6. The minimum atomic E-state index is -3.54. The molecule has 2 unspecified atom stereocenters. The molecule has 0 bridgehead atoms. The molecule has 1 saturated heterocycles. The van der Waals surface area contributed by atoms with E-state index in [9.17, 15) is 13.2 Å². The van der Waals surface area contributed by atoms with Gasteiger partial charge in [0, 0.05) is 36.9 Å². The number of amides is 1. The fourth-order valence-electron chi connectivity index (χ4n) is 3.66. The Kier molecular flexibility index (Phi) is 7.75. The maximum Gasteiger partial charge on any atom is 0.243 e. The fourth-order valence-corrected chi connectivity index (χ4v) is 5.28. The van der Waals surface area contributed by atoms with Crippen LogP contribution in [0.4, 0.5) is 5.69 Å². The molecule has 6 nitrogen and oxygen atoms in total. The zero-order chi connectivity index (χ0) is 22.6. The van der Waals surface area contributed by atoms with Crippen LogP contribution in [0.3, 0.4) is 0 Å². The van der Waals surface area contributed by atoms with Crippen LogP contribution in [0.15, 0.2) is 53.4 Å². The minimum Gasteiger partial charge on any atom is -0.325 e. The van der Waals surface area contributed by atoms with Crippen molar-refractivity contribution in [3.05, 3.63) is 59.1 Å². The first-order valence-corrected chi connectivity index (χ1v) is 12.4. The van der Waals surface area contributed by atoms with E-state index in [1.54, 1.807) is 36.4 Å². The van der Waals surface area contributed by atoms with Gasteiger partial charge in [-0.25, -0.2) is 8.42 Å². The zero-order valence-corrected chi connectivity index (χ0v) is 19.8. The van der Waals surface area contributed by atoms with Gasteiger partial charge in [0.25, 0.3) is 0 Å². The van der Waals surface area contributed by atoms with Crippen molar-refractivity contribution < 1.29 is 13.2 Å². The number of rotatable bonds is 7. The maximum absolute atomic E-state index is 13.0. The lowest BCUT2D eigenvalue weighted by Crippen LogP contribution is -2.53. The first kappa shape index (κ1) is 23.7. The minimum absolute atomic E-state index is 0.140. The number of carbonyl (C=O) groups is 1. The highest BCUT2D eigenvalue weighted by molar-refractivity contribution is 7.89. The predicted molar refractivity (Wildman–Crippen MR) is 125 cm³/mol. The first-order chi connectivity index (χ1) is 14.7.